The Labute approximate surface area is 188 Å². The predicted octanol–water partition coefficient (Wildman–Crippen LogP) is 6.85. The Morgan fingerprint density at radius 3 is 2.57 bits per heavy atom. The van der Waals surface area contributed by atoms with Crippen LogP contribution < -0.4 is 10.1 Å². The number of thiazole rings is 1. The van der Waals surface area contributed by atoms with Gasteiger partial charge in [-0.15, -0.1) is 11.3 Å². The molecule has 0 radical (unpaired) electrons. The molecule has 1 amide bonds. The summed E-state index contributed by atoms with van der Waals surface area (Å²) in [6.45, 7) is 1.96. The normalized spacial score (nSPS) is 10.9. The molecule has 0 atom stereocenters. The maximum Gasteiger partial charge on any atom is 0.262 e. The number of rotatable bonds is 6. The van der Waals surface area contributed by atoms with Crippen LogP contribution in [-0.4, -0.2) is 17.5 Å². The van der Waals surface area contributed by atoms with Gasteiger partial charge in [0, 0.05) is 5.56 Å². The van der Waals surface area contributed by atoms with E-state index >= 15 is 0 Å². The number of hydrogen-bond acceptors (Lipinski definition) is 4. The van der Waals surface area contributed by atoms with Gasteiger partial charge in [-0.2, -0.15) is 0 Å². The molecule has 0 aliphatic carbocycles. The van der Waals surface area contributed by atoms with Gasteiger partial charge in [0.25, 0.3) is 5.91 Å². The third-order valence-corrected chi connectivity index (χ3v) is 6.25. The first-order chi connectivity index (χ1) is 14.5. The number of aromatic nitrogens is 1. The number of fused-ring (bicyclic) bond motifs is 1. The highest BCUT2D eigenvalue weighted by atomic mass is 35.5. The monoisotopic (exact) mass is 456 g/mol. The summed E-state index contributed by atoms with van der Waals surface area (Å²) in [7, 11) is 0. The van der Waals surface area contributed by atoms with Crippen molar-refractivity contribution in [2.45, 2.75) is 13.3 Å². The lowest BCUT2D eigenvalue weighted by molar-refractivity contribution is -0.118. The first-order valence-corrected chi connectivity index (χ1v) is 11.0. The molecule has 0 bridgehead atoms. The van der Waals surface area contributed by atoms with E-state index in [9.17, 15) is 4.79 Å². The summed E-state index contributed by atoms with van der Waals surface area (Å²) >= 11 is 14.2. The number of aryl methyl sites for hydroxylation is 1. The number of benzene rings is 3. The minimum atomic E-state index is -0.311. The number of carbonyl (C=O) groups excluding carboxylic acids is 1. The molecule has 0 saturated carbocycles. The minimum absolute atomic E-state index is 0.124. The largest absolute Gasteiger partial charge is 0.484 e. The number of nitrogens with zero attached hydrogens (tertiary/aromatic N) is 1. The summed E-state index contributed by atoms with van der Waals surface area (Å²) in [6, 6.07) is 18.9. The second-order valence-corrected chi connectivity index (χ2v) is 8.48. The van der Waals surface area contributed by atoms with Gasteiger partial charge in [0.1, 0.15) is 10.8 Å². The van der Waals surface area contributed by atoms with Crippen LogP contribution in [0.2, 0.25) is 10.0 Å². The first kappa shape index (κ1) is 20.7. The van der Waals surface area contributed by atoms with Crippen LogP contribution in [0.25, 0.3) is 20.8 Å². The van der Waals surface area contributed by atoms with E-state index in [1.54, 1.807) is 12.1 Å². The van der Waals surface area contributed by atoms with Crippen molar-refractivity contribution in [3.63, 3.8) is 0 Å². The van der Waals surface area contributed by atoms with E-state index in [-0.39, 0.29) is 12.5 Å². The summed E-state index contributed by atoms with van der Waals surface area (Å²) < 4.78 is 6.63. The van der Waals surface area contributed by atoms with Gasteiger partial charge in [-0.25, -0.2) is 4.98 Å². The Morgan fingerprint density at radius 1 is 1.07 bits per heavy atom. The summed E-state index contributed by atoms with van der Waals surface area (Å²) in [6.07, 6.45) is 0.951. The van der Waals surface area contributed by atoms with Gasteiger partial charge >= 0.3 is 0 Å². The third-order valence-electron chi connectivity index (χ3n) is 4.56. The summed E-state index contributed by atoms with van der Waals surface area (Å²) in [4.78, 5) is 17.0. The van der Waals surface area contributed by atoms with E-state index in [0.717, 1.165) is 21.6 Å². The second kappa shape index (κ2) is 9.04. The van der Waals surface area contributed by atoms with Gasteiger partial charge in [0.05, 0.1) is 25.9 Å². The summed E-state index contributed by atoms with van der Waals surface area (Å²) in [5, 5.41) is 4.39. The number of anilines is 1. The molecule has 0 saturated heterocycles. The van der Waals surface area contributed by atoms with Crippen molar-refractivity contribution in [1.29, 1.82) is 0 Å². The average Bonchev–Trinajstić information content (AvgIpc) is 3.18. The lowest BCUT2D eigenvalue weighted by Gasteiger charge is -2.11. The standard InChI is InChI=1S/C23H18Cl2N2O2S/c1-2-14-7-9-15(10-8-14)29-13-22(28)26-20-11-16(17(24)12-18(20)25)23-27-19-5-3-4-6-21(19)30-23/h3-12H,2,13H2,1H3,(H,26,28). The van der Waals surface area contributed by atoms with E-state index in [1.807, 2.05) is 48.5 Å². The molecule has 1 aromatic heterocycles. The predicted molar refractivity (Wildman–Crippen MR) is 125 cm³/mol. The molecule has 30 heavy (non-hydrogen) atoms. The molecule has 3 aromatic carbocycles. The van der Waals surface area contributed by atoms with Gasteiger partial charge in [-0.3, -0.25) is 4.79 Å². The van der Waals surface area contributed by atoms with Crippen LogP contribution in [0, 0.1) is 0 Å². The number of para-hydroxylation sites is 1. The number of amides is 1. The first-order valence-electron chi connectivity index (χ1n) is 9.40. The zero-order valence-corrected chi connectivity index (χ0v) is 18.4. The van der Waals surface area contributed by atoms with Crippen LogP contribution in [-0.2, 0) is 11.2 Å². The minimum Gasteiger partial charge on any atom is -0.484 e. The number of carbonyl (C=O) groups is 1. The molecule has 1 N–H and O–H groups in total. The Kier molecular flexibility index (Phi) is 6.23. The van der Waals surface area contributed by atoms with Crippen molar-refractivity contribution >= 4 is 56.3 Å². The Morgan fingerprint density at radius 2 is 1.83 bits per heavy atom. The zero-order chi connectivity index (χ0) is 21.1. The molecule has 4 nitrogen and oxygen atoms in total. The quantitative estimate of drug-likeness (QED) is 0.345. The summed E-state index contributed by atoms with van der Waals surface area (Å²) in [5.74, 6) is 0.328. The van der Waals surface area contributed by atoms with Crippen LogP contribution in [0.5, 0.6) is 5.75 Å². The maximum atomic E-state index is 12.4. The van der Waals surface area contributed by atoms with E-state index in [0.29, 0.717) is 27.0 Å². The van der Waals surface area contributed by atoms with Crippen molar-refractivity contribution in [1.82, 2.24) is 4.98 Å². The zero-order valence-electron chi connectivity index (χ0n) is 16.1. The highest BCUT2D eigenvalue weighted by Gasteiger charge is 2.15. The van der Waals surface area contributed by atoms with Crippen molar-refractivity contribution in [3.05, 3.63) is 76.3 Å². The lowest BCUT2D eigenvalue weighted by atomic mass is 10.2. The Balaban J connectivity index is 1.50. The van der Waals surface area contributed by atoms with Gasteiger partial charge in [-0.05, 0) is 48.4 Å². The van der Waals surface area contributed by atoms with Crippen LogP contribution >= 0.6 is 34.5 Å². The number of nitrogens with one attached hydrogen (secondary N) is 1. The number of hydrogen-bond donors (Lipinski definition) is 1. The summed E-state index contributed by atoms with van der Waals surface area (Å²) in [5.41, 5.74) is 3.29. The van der Waals surface area contributed by atoms with Crippen molar-refractivity contribution in [2.75, 3.05) is 11.9 Å². The van der Waals surface area contributed by atoms with E-state index in [2.05, 4.69) is 17.2 Å². The molecule has 0 spiro atoms. The van der Waals surface area contributed by atoms with Gasteiger partial charge in [0.15, 0.2) is 6.61 Å². The third kappa shape index (κ3) is 4.59. The number of halogens is 2. The molecule has 1 heterocycles. The SMILES string of the molecule is CCc1ccc(OCC(=O)Nc2cc(-c3nc4ccccc4s3)c(Cl)cc2Cl)cc1. The van der Waals surface area contributed by atoms with Crippen LogP contribution in [0.4, 0.5) is 5.69 Å². The smallest absolute Gasteiger partial charge is 0.262 e. The van der Waals surface area contributed by atoms with Gasteiger partial charge in [-0.1, -0.05) is 54.4 Å². The van der Waals surface area contributed by atoms with Gasteiger partial charge in [0.2, 0.25) is 0 Å². The highest BCUT2D eigenvalue weighted by molar-refractivity contribution is 7.21. The van der Waals surface area contributed by atoms with Gasteiger partial charge < -0.3 is 10.1 Å². The lowest BCUT2D eigenvalue weighted by Crippen LogP contribution is -2.20. The van der Waals surface area contributed by atoms with Crippen LogP contribution in [0.1, 0.15) is 12.5 Å². The van der Waals surface area contributed by atoms with Crippen LogP contribution in [0.15, 0.2) is 60.7 Å². The fourth-order valence-corrected chi connectivity index (χ4v) is 4.52. The molecular weight excluding hydrogens is 439 g/mol. The van der Waals surface area contributed by atoms with E-state index in [4.69, 9.17) is 27.9 Å². The highest BCUT2D eigenvalue weighted by Crippen LogP contribution is 2.38. The van der Waals surface area contributed by atoms with E-state index < -0.39 is 0 Å². The van der Waals surface area contributed by atoms with Crippen molar-refractivity contribution < 1.29 is 9.53 Å². The number of ether oxygens (including phenoxy) is 1. The second-order valence-electron chi connectivity index (χ2n) is 6.63. The molecule has 4 rings (SSSR count). The molecule has 7 heteroatoms. The topological polar surface area (TPSA) is 51.2 Å². The molecule has 0 unspecified atom stereocenters. The fraction of sp³-hybridized carbons (Fsp3) is 0.130. The fourth-order valence-electron chi connectivity index (χ4n) is 2.95. The maximum absolute atomic E-state index is 12.4. The average molecular weight is 457 g/mol. The Hall–Kier alpha value is -2.60. The molecule has 0 aliphatic rings. The molecule has 0 fully saturated rings. The Bertz CT molecular complexity index is 1170. The van der Waals surface area contributed by atoms with E-state index in [1.165, 1.54) is 16.9 Å². The van der Waals surface area contributed by atoms with Crippen LogP contribution in [0.3, 0.4) is 0 Å². The van der Waals surface area contributed by atoms with Crippen molar-refractivity contribution in [3.8, 4) is 16.3 Å². The molecular formula is C23H18Cl2N2O2S. The molecule has 4 aromatic rings. The molecule has 0 aliphatic heterocycles. The van der Waals surface area contributed by atoms with Crippen molar-refractivity contribution in [2.24, 2.45) is 0 Å². The molecule has 152 valence electrons.